The maximum atomic E-state index is 9.02. The van der Waals surface area contributed by atoms with Gasteiger partial charge in [0.15, 0.2) is 0 Å². The van der Waals surface area contributed by atoms with Crippen LogP contribution in [0.25, 0.3) is 11.1 Å². The molecule has 9 N–H and O–H groups in total. The minimum Gasteiger partial charge on any atom is -0.399 e. The largest absolute Gasteiger partial charge is 0.399 e. The molecule has 0 fully saturated rings. The predicted molar refractivity (Wildman–Crippen MR) is 80.3 cm³/mol. The van der Waals surface area contributed by atoms with Gasteiger partial charge in [-0.15, -0.1) is 0 Å². The molecule has 0 heterocycles. The number of aliphatic hydroxyl groups is 1. The second-order valence-corrected chi connectivity index (χ2v) is 4.51. The molecule has 0 saturated carbocycles. The quantitative estimate of drug-likeness (QED) is 0.529. The zero-order valence-corrected chi connectivity index (χ0v) is 10.6. The molecule has 0 radical (unpaired) electrons. The van der Waals surface area contributed by atoms with E-state index in [4.69, 9.17) is 28.0 Å². The zero-order valence-electron chi connectivity index (χ0n) is 10.6. The third-order valence-corrected chi connectivity index (χ3v) is 2.96. The molecule has 0 atom stereocenters. The summed E-state index contributed by atoms with van der Waals surface area (Å²) in [4.78, 5) is 0. The fraction of sp³-hybridized carbons (Fsp3) is 0.143. The molecule has 0 aliphatic carbocycles. The van der Waals surface area contributed by atoms with Crippen molar-refractivity contribution < 1.29 is 5.11 Å². The van der Waals surface area contributed by atoms with E-state index in [1.54, 1.807) is 24.3 Å². The Labute approximate surface area is 111 Å². The monoisotopic (exact) mass is 258 g/mol. The highest BCUT2D eigenvalue weighted by Crippen LogP contribution is 2.34. The van der Waals surface area contributed by atoms with E-state index in [-0.39, 0.29) is 6.61 Å². The second-order valence-electron chi connectivity index (χ2n) is 4.51. The van der Waals surface area contributed by atoms with Gasteiger partial charge in [-0.25, -0.2) is 0 Å². The molecular formula is C14H18N4O. The number of benzene rings is 2. The van der Waals surface area contributed by atoms with E-state index in [9.17, 15) is 0 Å². The number of hydrogen-bond acceptors (Lipinski definition) is 5. The smallest absolute Gasteiger partial charge is 0.0627 e. The van der Waals surface area contributed by atoms with Crippen molar-refractivity contribution in [2.24, 2.45) is 0 Å². The first kappa shape index (κ1) is 13.0. The summed E-state index contributed by atoms with van der Waals surface area (Å²) in [6, 6.07) is 8.94. The lowest BCUT2D eigenvalue weighted by Crippen LogP contribution is -2.01. The Hall–Kier alpha value is -2.40. The van der Waals surface area contributed by atoms with Gasteiger partial charge in [0.05, 0.1) is 11.4 Å². The fourth-order valence-corrected chi connectivity index (χ4v) is 2.08. The Morgan fingerprint density at radius 3 is 2.05 bits per heavy atom. The maximum Gasteiger partial charge on any atom is 0.0627 e. The van der Waals surface area contributed by atoms with E-state index < -0.39 is 0 Å². The van der Waals surface area contributed by atoms with Gasteiger partial charge in [0.25, 0.3) is 0 Å². The summed E-state index contributed by atoms with van der Waals surface area (Å²) in [5, 5.41) is 9.02. The molecule has 5 heteroatoms. The molecule has 2 rings (SSSR count). The molecule has 0 spiro atoms. The summed E-state index contributed by atoms with van der Waals surface area (Å²) in [5.41, 5.74) is 28.1. The Balaban J connectivity index is 2.59. The van der Waals surface area contributed by atoms with E-state index in [0.717, 1.165) is 16.7 Å². The first-order valence-corrected chi connectivity index (χ1v) is 5.96. The first-order chi connectivity index (χ1) is 9.01. The van der Waals surface area contributed by atoms with Crippen LogP contribution >= 0.6 is 0 Å². The minimum atomic E-state index is 0.0574. The molecule has 0 saturated heterocycles. The van der Waals surface area contributed by atoms with Gasteiger partial charge in [-0.05, 0) is 47.9 Å². The van der Waals surface area contributed by atoms with Crippen molar-refractivity contribution >= 4 is 22.7 Å². The van der Waals surface area contributed by atoms with E-state index in [1.165, 1.54) is 0 Å². The number of hydrogen-bond donors (Lipinski definition) is 5. The standard InChI is InChI=1S/C14H18N4O/c15-10-5-9(6-11(16)7-10)12-3-8(1-2-19)4-13(17)14(12)18/h3-7,19H,1-2,15-18H2. The van der Waals surface area contributed by atoms with Crippen LogP contribution in [0.15, 0.2) is 30.3 Å². The number of aliphatic hydroxyl groups excluding tert-OH is 1. The SMILES string of the molecule is Nc1cc(N)cc(-c2cc(CCO)cc(N)c2N)c1. The van der Waals surface area contributed by atoms with Gasteiger partial charge >= 0.3 is 0 Å². The van der Waals surface area contributed by atoms with Crippen molar-refractivity contribution in [1.82, 2.24) is 0 Å². The lowest BCUT2D eigenvalue weighted by Gasteiger charge is -2.13. The van der Waals surface area contributed by atoms with Crippen molar-refractivity contribution in [2.75, 3.05) is 29.5 Å². The maximum absolute atomic E-state index is 9.02. The number of rotatable bonds is 3. The highest BCUT2D eigenvalue weighted by Gasteiger charge is 2.09. The van der Waals surface area contributed by atoms with E-state index >= 15 is 0 Å². The van der Waals surface area contributed by atoms with Crippen molar-refractivity contribution in [2.45, 2.75) is 6.42 Å². The molecular weight excluding hydrogens is 240 g/mol. The van der Waals surface area contributed by atoms with Crippen LogP contribution in [0, 0.1) is 0 Å². The van der Waals surface area contributed by atoms with Crippen LogP contribution in [0.5, 0.6) is 0 Å². The van der Waals surface area contributed by atoms with Gasteiger partial charge in [0.2, 0.25) is 0 Å². The summed E-state index contributed by atoms with van der Waals surface area (Å²) < 4.78 is 0. The van der Waals surface area contributed by atoms with Gasteiger partial charge in [0.1, 0.15) is 0 Å². The Morgan fingerprint density at radius 1 is 0.842 bits per heavy atom. The van der Waals surface area contributed by atoms with Crippen LogP contribution in [0.1, 0.15) is 5.56 Å². The molecule has 5 nitrogen and oxygen atoms in total. The van der Waals surface area contributed by atoms with Crippen LogP contribution < -0.4 is 22.9 Å². The van der Waals surface area contributed by atoms with E-state index in [2.05, 4.69) is 0 Å². The van der Waals surface area contributed by atoms with Gasteiger partial charge in [-0.3, -0.25) is 0 Å². The summed E-state index contributed by atoms with van der Waals surface area (Å²) in [5.74, 6) is 0. The van der Waals surface area contributed by atoms with Crippen molar-refractivity contribution in [3.63, 3.8) is 0 Å². The van der Waals surface area contributed by atoms with Gasteiger partial charge < -0.3 is 28.0 Å². The summed E-state index contributed by atoms with van der Waals surface area (Å²) in [6.45, 7) is 0.0574. The third kappa shape index (κ3) is 2.71. The zero-order chi connectivity index (χ0) is 14.0. The molecule has 2 aromatic carbocycles. The van der Waals surface area contributed by atoms with Crippen molar-refractivity contribution in [1.29, 1.82) is 0 Å². The predicted octanol–water partition coefficient (Wildman–Crippen LogP) is 1.22. The van der Waals surface area contributed by atoms with Crippen LogP contribution in [0.3, 0.4) is 0 Å². The molecule has 0 aromatic heterocycles. The normalized spacial score (nSPS) is 10.6. The average molecular weight is 258 g/mol. The lowest BCUT2D eigenvalue weighted by atomic mass is 9.98. The second kappa shape index (κ2) is 5.07. The molecule has 2 aromatic rings. The fourth-order valence-electron chi connectivity index (χ4n) is 2.08. The van der Waals surface area contributed by atoms with Crippen LogP contribution in [-0.2, 0) is 6.42 Å². The Kier molecular flexibility index (Phi) is 3.48. The average Bonchev–Trinajstić information content (AvgIpc) is 2.32. The van der Waals surface area contributed by atoms with Crippen LogP contribution in [-0.4, -0.2) is 11.7 Å². The van der Waals surface area contributed by atoms with Gasteiger partial charge in [0, 0.05) is 23.5 Å². The van der Waals surface area contributed by atoms with E-state index in [0.29, 0.717) is 29.2 Å². The molecule has 0 unspecified atom stereocenters. The van der Waals surface area contributed by atoms with E-state index in [1.807, 2.05) is 6.07 Å². The molecule has 0 bridgehead atoms. The highest BCUT2D eigenvalue weighted by molar-refractivity contribution is 5.87. The first-order valence-electron chi connectivity index (χ1n) is 5.96. The topological polar surface area (TPSA) is 124 Å². The third-order valence-electron chi connectivity index (χ3n) is 2.96. The van der Waals surface area contributed by atoms with Crippen LogP contribution in [0.4, 0.5) is 22.7 Å². The Morgan fingerprint density at radius 2 is 1.47 bits per heavy atom. The highest BCUT2D eigenvalue weighted by atomic mass is 16.2. The van der Waals surface area contributed by atoms with Crippen molar-refractivity contribution in [3.05, 3.63) is 35.9 Å². The molecule has 0 aliphatic rings. The Bertz CT molecular complexity index is 590. The van der Waals surface area contributed by atoms with Crippen LogP contribution in [0.2, 0.25) is 0 Å². The summed E-state index contributed by atoms with van der Waals surface area (Å²) in [7, 11) is 0. The lowest BCUT2D eigenvalue weighted by molar-refractivity contribution is 0.299. The van der Waals surface area contributed by atoms with Gasteiger partial charge in [-0.1, -0.05) is 0 Å². The molecule has 100 valence electrons. The molecule has 19 heavy (non-hydrogen) atoms. The number of anilines is 4. The van der Waals surface area contributed by atoms with Crippen molar-refractivity contribution in [3.8, 4) is 11.1 Å². The molecule has 0 aliphatic heterocycles. The summed E-state index contributed by atoms with van der Waals surface area (Å²) in [6.07, 6.45) is 0.523. The minimum absolute atomic E-state index is 0.0574. The number of nitrogen functional groups attached to an aromatic ring is 4. The van der Waals surface area contributed by atoms with Gasteiger partial charge in [-0.2, -0.15) is 0 Å². The summed E-state index contributed by atoms with van der Waals surface area (Å²) >= 11 is 0. The number of nitrogens with two attached hydrogens (primary N) is 4. The molecule has 0 amide bonds.